The van der Waals surface area contributed by atoms with E-state index < -0.39 is 11.7 Å². The number of aromatic nitrogens is 1. The molecule has 1 aromatic heterocycles. The molecular weight excluding hydrogens is 406 g/mol. The highest BCUT2D eigenvalue weighted by Gasteiger charge is 2.28. The van der Waals surface area contributed by atoms with Crippen molar-refractivity contribution in [1.82, 2.24) is 15.0 Å². The Balaban J connectivity index is 1.78. The van der Waals surface area contributed by atoms with Gasteiger partial charge in [-0.15, -0.1) is 0 Å². The predicted molar refractivity (Wildman–Crippen MR) is 113 cm³/mol. The third-order valence-corrected chi connectivity index (χ3v) is 5.01. The van der Waals surface area contributed by atoms with Gasteiger partial charge in [0.2, 0.25) is 0 Å². The molecule has 0 saturated carbocycles. The molecule has 0 fully saturated rings. The number of nitrogens with zero attached hydrogens (tertiary/aromatic N) is 1. The maximum absolute atomic E-state index is 12.7. The topological polar surface area (TPSA) is 98.8 Å². The number of nitrogens with one attached hydrogen (secondary N) is 2. The Morgan fingerprint density at radius 1 is 1.23 bits per heavy atom. The van der Waals surface area contributed by atoms with Crippen LogP contribution in [0.2, 0.25) is 0 Å². The van der Waals surface area contributed by atoms with Crippen LogP contribution in [0.25, 0.3) is 0 Å². The molecule has 1 aliphatic rings. The Morgan fingerprint density at radius 2 is 1.97 bits per heavy atom. The van der Waals surface area contributed by atoms with Crippen LogP contribution in [0.5, 0.6) is 11.5 Å². The summed E-state index contributed by atoms with van der Waals surface area (Å²) in [7, 11) is 1.49. The predicted octanol–water partition coefficient (Wildman–Crippen LogP) is 3.88. The fourth-order valence-electron chi connectivity index (χ4n) is 2.93. The van der Waals surface area contributed by atoms with Crippen molar-refractivity contribution < 1.29 is 23.8 Å². The van der Waals surface area contributed by atoms with E-state index in [1.807, 2.05) is 20.8 Å². The minimum atomic E-state index is -0.593. The molecule has 2 amide bonds. The van der Waals surface area contributed by atoms with Gasteiger partial charge in [0.15, 0.2) is 0 Å². The Morgan fingerprint density at radius 3 is 2.63 bits per heavy atom. The number of methoxy groups -OCH3 is 1. The number of ether oxygens (including phenoxy) is 3. The summed E-state index contributed by atoms with van der Waals surface area (Å²) in [6.07, 6.45) is 3.38. The van der Waals surface area contributed by atoms with Crippen molar-refractivity contribution in [2.24, 2.45) is 0 Å². The van der Waals surface area contributed by atoms with Gasteiger partial charge < -0.3 is 19.5 Å². The zero-order chi connectivity index (χ0) is 21.7. The van der Waals surface area contributed by atoms with Crippen LogP contribution in [0, 0.1) is 0 Å². The number of hydrogen-bond donors (Lipinski definition) is 2. The third-order valence-electron chi connectivity index (χ3n) is 4.22. The number of carbonyl (C=O) groups is 2. The number of hydrogen-bond acceptors (Lipinski definition) is 7. The molecule has 0 bridgehead atoms. The van der Waals surface area contributed by atoms with Gasteiger partial charge in [-0.1, -0.05) is 0 Å². The molecule has 0 radical (unpaired) electrons. The van der Waals surface area contributed by atoms with Crippen LogP contribution < -0.4 is 19.5 Å². The minimum absolute atomic E-state index is 0.305. The lowest BCUT2D eigenvalue weighted by Gasteiger charge is -2.29. The van der Waals surface area contributed by atoms with Crippen LogP contribution in [-0.2, 0) is 4.74 Å². The molecule has 2 N–H and O–H groups in total. The molecule has 1 atom stereocenters. The van der Waals surface area contributed by atoms with Crippen LogP contribution in [-0.4, -0.2) is 36.3 Å². The maximum atomic E-state index is 12.7. The summed E-state index contributed by atoms with van der Waals surface area (Å²) >= 11 is 1.18. The molecule has 1 aliphatic heterocycles. The van der Waals surface area contributed by atoms with E-state index in [0.717, 1.165) is 10.5 Å². The lowest BCUT2D eigenvalue weighted by molar-refractivity contribution is 0.0490. The summed E-state index contributed by atoms with van der Waals surface area (Å²) < 4.78 is 19.3. The van der Waals surface area contributed by atoms with E-state index in [-0.39, 0.29) is 11.9 Å². The quantitative estimate of drug-likeness (QED) is 0.693. The second kappa shape index (κ2) is 9.25. The largest absolute Gasteiger partial charge is 0.496 e. The highest BCUT2D eigenvalue weighted by molar-refractivity contribution is 7.98. The zero-order valence-electron chi connectivity index (χ0n) is 17.4. The van der Waals surface area contributed by atoms with Crippen molar-refractivity contribution in [2.75, 3.05) is 13.7 Å². The number of benzene rings is 1. The smallest absolute Gasteiger partial charge is 0.408 e. The van der Waals surface area contributed by atoms with E-state index in [0.29, 0.717) is 30.1 Å². The number of amides is 2. The number of fused-ring (bicyclic) bond motifs is 1. The summed E-state index contributed by atoms with van der Waals surface area (Å²) in [5, 5.41) is 2.87. The van der Waals surface area contributed by atoms with E-state index in [1.165, 1.54) is 19.1 Å². The van der Waals surface area contributed by atoms with Crippen LogP contribution in [0.4, 0.5) is 4.79 Å². The van der Waals surface area contributed by atoms with Crippen molar-refractivity contribution in [3.63, 3.8) is 0 Å². The standard InChI is InChI=1S/C21H25N3O5S/c1-21(2,3)29-20(26)23-16-7-10-28-18-12-15(17(27-4)11-14(16)18)19(25)24-30-13-5-8-22-9-6-13/h5-6,8-9,11-12,16H,7,10H2,1-4H3,(H,23,26)(H,24,25). The van der Waals surface area contributed by atoms with Crippen LogP contribution in [0.1, 0.15) is 49.2 Å². The summed E-state index contributed by atoms with van der Waals surface area (Å²) in [6, 6.07) is 6.65. The first kappa shape index (κ1) is 21.8. The fraction of sp³-hybridized carbons (Fsp3) is 0.381. The Labute approximate surface area is 179 Å². The van der Waals surface area contributed by atoms with E-state index in [9.17, 15) is 9.59 Å². The van der Waals surface area contributed by atoms with Gasteiger partial charge in [-0.25, -0.2) is 4.79 Å². The molecule has 0 aliphatic carbocycles. The summed E-state index contributed by atoms with van der Waals surface area (Å²) in [4.78, 5) is 29.7. The average molecular weight is 432 g/mol. The van der Waals surface area contributed by atoms with Crippen LogP contribution in [0.15, 0.2) is 41.6 Å². The zero-order valence-corrected chi connectivity index (χ0v) is 18.2. The van der Waals surface area contributed by atoms with Gasteiger partial charge >= 0.3 is 6.09 Å². The van der Waals surface area contributed by atoms with Crippen molar-refractivity contribution >= 4 is 23.9 Å². The van der Waals surface area contributed by atoms with Gasteiger partial charge in [0.25, 0.3) is 5.91 Å². The van der Waals surface area contributed by atoms with Crippen molar-refractivity contribution in [3.05, 3.63) is 47.8 Å². The summed E-state index contributed by atoms with van der Waals surface area (Å²) in [5.74, 6) is 0.604. The number of rotatable bonds is 5. The number of alkyl carbamates (subject to hydrolysis) is 1. The highest BCUT2D eigenvalue weighted by Crippen LogP contribution is 2.37. The van der Waals surface area contributed by atoms with Crippen molar-refractivity contribution in [3.8, 4) is 11.5 Å². The van der Waals surface area contributed by atoms with Gasteiger partial charge in [0.05, 0.1) is 25.3 Å². The van der Waals surface area contributed by atoms with E-state index in [4.69, 9.17) is 14.2 Å². The highest BCUT2D eigenvalue weighted by atomic mass is 32.2. The molecule has 1 aromatic carbocycles. The Kier molecular flexibility index (Phi) is 6.71. The SMILES string of the molecule is COc1cc2c(cc1C(=O)NSc1ccncc1)OCCC2NC(=O)OC(C)(C)C. The molecule has 3 rings (SSSR count). The fourth-order valence-corrected chi connectivity index (χ4v) is 3.51. The molecule has 9 heteroatoms. The van der Waals surface area contributed by atoms with Crippen LogP contribution in [0.3, 0.4) is 0 Å². The summed E-state index contributed by atoms with van der Waals surface area (Å²) in [5.41, 5.74) is 0.488. The monoisotopic (exact) mass is 431 g/mol. The molecule has 2 heterocycles. The minimum Gasteiger partial charge on any atom is -0.496 e. The van der Waals surface area contributed by atoms with Crippen molar-refractivity contribution in [1.29, 1.82) is 0 Å². The maximum Gasteiger partial charge on any atom is 0.408 e. The van der Waals surface area contributed by atoms with Gasteiger partial charge in [-0.05, 0) is 57.0 Å². The second-order valence-electron chi connectivity index (χ2n) is 7.64. The number of pyridine rings is 1. The van der Waals surface area contributed by atoms with Gasteiger partial charge in [0, 0.05) is 29.3 Å². The summed E-state index contributed by atoms with van der Waals surface area (Å²) in [6.45, 7) is 5.83. The Bertz CT molecular complexity index is 915. The number of carbonyl (C=O) groups excluding carboxylic acids is 2. The van der Waals surface area contributed by atoms with Crippen LogP contribution >= 0.6 is 11.9 Å². The lowest BCUT2D eigenvalue weighted by Crippen LogP contribution is -2.37. The Hall–Kier alpha value is -2.94. The lowest BCUT2D eigenvalue weighted by atomic mass is 9.98. The first-order chi connectivity index (χ1) is 14.3. The average Bonchev–Trinajstić information content (AvgIpc) is 2.70. The molecule has 160 valence electrons. The molecule has 2 aromatic rings. The van der Waals surface area contributed by atoms with Gasteiger partial charge in [-0.3, -0.25) is 14.5 Å². The first-order valence-corrected chi connectivity index (χ1v) is 10.3. The molecule has 1 unspecified atom stereocenters. The van der Waals surface area contributed by atoms with Gasteiger partial charge in [0.1, 0.15) is 17.1 Å². The normalized spacial score (nSPS) is 15.4. The van der Waals surface area contributed by atoms with E-state index in [2.05, 4.69) is 15.0 Å². The molecule has 0 saturated heterocycles. The van der Waals surface area contributed by atoms with E-state index >= 15 is 0 Å². The molecule has 30 heavy (non-hydrogen) atoms. The van der Waals surface area contributed by atoms with Gasteiger partial charge in [-0.2, -0.15) is 0 Å². The first-order valence-electron chi connectivity index (χ1n) is 9.48. The molecular formula is C21H25N3O5S. The molecule has 0 spiro atoms. The third kappa shape index (κ3) is 5.56. The molecule has 8 nitrogen and oxygen atoms in total. The second-order valence-corrected chi connectivity index (χ2v) is 8.52. The van der Waals surface area contributed by atoms with Crippen molar-refractivity contribution in [2.45, 2.75) is 43.7 Å². The van der Waals surface area contributed by atoms with E-state index in [1.54, 1.807) is 36.7 Å².